The van der Waals surface area contributed by atoms with Crippen LogP contribution < -0.4 is 0 Å². The Morgan fingerprint density at radius 2 is 1.45 bits per heavy atom. The largest absolute Gasteiger partial charge is 0.376 e. The molecule has 1 heterocycles. The highest BCUT2D eigenvalue weighted by molar-refractivity contribution is 5.80. The Morgan fingerprint density at radius 1 is 0.806 bits per heavy atom. The average molecular weight is 426 g/mol. The molecule has 6 nitrogen and oxygen atoms in total. The van der Waals surface area contributed by atoms with Gasteiger partial charge in [0.2, 0.25) is 0 Å². The van der Waals surface area contributed by atoms with Crippen LogP contribution >= 0.6 is 0 Å². The van der Waals surface area contributed by atoms with Gasteiger partial charge in [-0.05, 0) is 30.5 Å². The van der Waals surface area contributed by atoms with Crippen molar-refractivity contribution in [2.45, 2.75) is 44.6 Å². The van der Waals surface area contributed by atoms with Crippen molar-refractivity contribution in [3.63, 3.8) is 0 Å². The molecular weight excluding hydrogens is 394 g/mol. The molecule has 0 bridgehead atoms. The molecule has 5 atom stereocenters. The van der Waals surface area contributed by atoms with Gasteiger partial charge in [0.1, 0.15) is 12.2 Å². The molecule has 1 saturated heterocycles. The first-order chi connectivity index (χ1) is 15.0. The number of nitrogens with zero attached hydrogens (tertiary/aromatic N) is 1. The molecule has 31 heavy (non-hydrogen) atoms. The summed E-state index contributed by atoms with van der Waals surface area (Å²) in [6, 6.07) is 16.4. The van der Waals surface area contributed by atoms with Crippen LogP contribution in [0.25, 0.3) is 12.2 Å². The van der Waals surface area contributed by atoms with E-state index in [1.165, 1.54) is 11.1 Å². The van der Waals surface area contributed by atoms with Crippen molar-refractivity contribution in [1.29, 1.82) is 0 Å². The standard InChI is InChI=1S/C25H31NO5/c1-17-7-6-8-20(15-17)12-9-19-10-13-21(14-11-19)16-26-31-25-24(29-5)23(28-4)22(27-3)18(2)30-25/h6-16,18,22-25H,1-5H3/b12-9+,26-16-/t18-,22-,23+,24+,25-/m0/s1. The van der Waals surface area contributed by atoms with Gasteiger partial charge in [-0.3, -0.25) is 0 Å². The van der Waals surface area contributed by atoms with E-state index in [2.05, 4.69) is 48.5 Å². The Balaban J connectivity index is 1.60. The van der Waals surface area contributed by atoms with Crippen molar-refractivity contribution < 1.29 is 23.8 Å². The number of hydrogen-bond acceptors (Lipinski definition) is 6. The Bertz CT molecular complexity index is 880. The van der Waals surface area contributed by atoms with E-state index >= 15 is 0 Å². The molecule has 3 rings (SSSR count). The monoisotopic (exact) mass is 425 g/mol. The topological polar surface area (TPSA) is 58.5 Å². The highest BCUT2D eigenvalue weighted by Gasteiger charge is 2.46. The normalized spacial score (nSPS) is 26.5. The zero-order valence-corrected chi connectivity index (χ0v) is 18.7. The predicted molar refractivity (Wildman–Crippen MR) is 122 cm³/mol. The molecule has 1 aliphatic heterocycles. The zero-order chi connectivity index (χ0) is 22.2. The van der Waals surface area contributed by atoms with Crippen LogP contribution in [0.1, 0.15) is 29.2 Å². The van der Waals surface area contributed by atoms with E-state index in [4.69, 9.17) is 23.8 Å². The summed E-state index contributed by atoms with van der Waals surface area (Å²) in [7, 11) is 4.84. The van der Waals surface area contributed by atoms with Crippen LogP contribution in [-0.2, 0) is 23.8 Å². The minimum atomic E-state index is -0.691. The van der Waals surface area contributed by atoms with Crippen LogP contribution in [0.4, 0.5) is 0 Å². The molecule has 0 spiro atoms. The van der Waals surface area contributed by atoms with Gasteiger partial charge in [-0.1, -0.05) is 71.4 Å². The van der Waals surface area contributed by atoms with Crippen LogP contribution in [0, 0.1) is 6.92 Å². The number of oxime groups is 1. The van der Waals surface area contributed by atoms with Gasteiger partial charge in [0.25, 0.3) is 6.29 Å². The Morgan fingerprint density at radius 3 is 2.10 bits per heavy atom. The van der Waals surface area contributed by atoms with Gasteiger partial charge >= 0.3 is 0 Å². The summed E-state index contributed by atoms with van der Waals surface area (Å²) in [5, 5.41) is 4.11. The molecule has 0 unspecified atom stereocenters. The SMILES string of the molecule is CO[C@@H]1[C@@H](OC)[C@H](C)O[C@@H](O/N=C\c2ccc(/C=C/c3cccc(C)c3)cc2)[C@@H]1OC. The van der Waals surface area contributed by atoms with E-state index < -0.39 is 12.4 Å². The van der Waals surface area contributed by atoms with Gasteiger partial charge in [0.05, 0.1) is 12.3 Å². The third-order valence-corrected chi connectivity index (χ3v) is 5.36. The van der Waals surface area contributed by atoms with Gasteiger partial charge < -0.3 is 23.8 Å². The lowest BCUT2D eigenvalue weighted by atomic mass is 9.99. The maximum Gasteiger partial charge on any atom is 0.256 e. The van der Waals surface area contributed by atoms with Gasteiger partial charge in [0.15, 0.2) is 6.10 Å². The minimum Gasteiger partial charge on any atom is -0.376 e. The second kappa shape index (κ2) is 11.2. The lowest BCUT2D eigenvalue weighted by molar-refractivity contribution is -0.305. The summed E-state index contributed by atoms with van der Waals surface area (Å²) < 4.78 is 22.5. The molecule has 0 radical (unpaired) electrons. The fraction of sp³-hybridized carbons (Fsp3) is 0.400. The Hall–Kier alpha value is -2.51. The molecule has 1 fully saturated rings. The maximum atomic E-state index is 5.89. The van der Waals surface area contributed by atoms with Crippen LogP contribution in [0.2, 0.25) is 0 Å². The molecule has 6 heteroatoms. The van der Waals surface area contributed by atoms with Crippen LogP contribution in [-0.4, -0.2) is 58.2 Å². The maximum absolute atomic E-state index is 5.89. The molecule has 0 aromatic heterocycles. The van der Waals surface area contributed by atoms with Crippen LogP contribution in [0.3, 0.4) is 0 Å². The van der Waals surface area contributed by atoms with Gasteiger partial charge in [-0.15, -0.1) is 0 Å². The van der Waals surface area contributed by atoms with E-state index in [9.17, 15) is 0 Å². The van der Waals surface area contributed by atoms with Gasteiger partial charge in [0, 0.05) is 21.3 Å². The molecular formula is C25H31NO5. The van der Waals surface area contributed by atoms with Crippen molar-refractivity contribution in [2.75, 3.05) is 21.3 Å². The molecule has 0 amide bonds. The van der Waals surface area contributed by atoms with E-state index in [-0.39, 0.29) is 18.3 Å². The van der Waals surface area contributed by atoms with Gasteiger partial charge in [-0.2, -0.15) is 0 Å². The smallest absolute Gasteiger partial charge is 0.256 e. The number of ether oxygens (including phenoxy) is 4. The van der Waals surface area contributed by atoms with Gasteiger partial charge in [-0.25, -0.2) is 0 Å². The Labute approximate surface area is 184 Å². The lowest BCUT2D eigenvalue weighted by Crippen LogP contribution is -2.59. The summed E-state index contributed by atoms with van der Waals surface area (Å²) in [6.45, 7) is 4.00. The molecule has 2 aromatic rings. The second-order valence-electron chi connectivity index (χ2n) is 7.56. The quantitative estimate of drug-likeness (QED) is 0.358. The molecule has 2 aromatic carbocycles. The van der Waals surface area contributed by atoms with Crippen molar-refractivity contribution in [3.05, 3.63) is 70.8 Å². The number of rotatable bonds is 8. The number of hydrogen-bond donors (Lipinski definition) is 0. The van der Waals surface area contributed by atoms with E-state index in [1.807, 2.05) is 31.2 Å². The predicted octanol–water partition coefficient (Wildman–Crippen LogP) is 4.31. The average Bonchev–Trinajstić information content (AvgIpc) is 2.78. The van der Waals surface area contributed by atoms with Crippen molar-refractivity contribution in [3.8, 4) is 0 Å². The molecule has 0 saturated carbocycles. The molecule has 0 N–H and O–H groups in total. The minimum absolute atomic E-state index is 0.221. The number of benzene rings is 2. The highest BCUT2D eigenvalue weighted by atomic mass is 16.8. The summed E-state index contributed by atoms with van der Waals surface area (Å²) in [5.74, 6) is 0. The lowest BCUT2D eigenvalue weighted by Gasteiger charge is -2.42. The third kappa shape index (κ3) is 6.02. The third-order valence-electron chi connectivity index (χ3n) is 5.36. The second-order valence-corrected chi connectivity index (χ2v) is 7.56. The highest BCUT2D eigenvalue weighted by Crippen LogP contribution is 2.27. The van der Waals surface area contributed by atoms with E-state index in [0.29, 0.717) is 0 Å². The zero-order valence-electron chi connectivity index (χ0n) is 18.7. The summed E-state index contributed by atoms with van der Waals surface area (Å²) >= 11 is 0. The first-order valence-electron chi connectivity index (χ1n) is 10.3. The van der Waals surface area contributed by atoms with Crippen molar-refractivity contribution in [2.24, 2.45) is 5.16 Å². The van der Waals surface area contributed by atoms with Crippen molar-refractivity contribution in [1.82, 2.24) is 0 Å². The first-order valence-corrected chi connectivity index (χ1v) is 10.3. The first kappa shape index (κ1) is 23.2. The fourth-order valence-corrected chi connectivity index (χ4v) is 3.71. The summed E-state index contributed by atoms with van der Waals surface area (Å²) in [5.41, 5.74) is 4.45. The van der Waals surface area contributed by atoms with Crippen LogP contribution in [0.15, 0.2) is 53.7 Å². The van der Waals surface area contributed by atoms with E-state index in [0.717, 1.165) is 11.1 Å². The van der Waals surface area contributed by atoms with E-state index in [1.54, 1.807) is 27.5 Å². The fourth-order valence-electron chi connectivity index (χ4n) is 3.71. The number of aryl methyl sites for hydroxylation is 1. The molecule has 1 aliphatic rings. The molecule has 166 valence electrons. The summed E-state index contributed by atoms with van der Waals surface area (Å²) in [4.78, 5) is 5.61. The summed E-state index contributed by atoms with van der Waals surface area (Å²) in [6.07, 6.45) is 3.90. The van der Waals surface area contributed by atoms with Crippen LogP contribution in [0.5, 0.6) is 0 Å². The number of methoxy groups -OCH3 is 3. The Kier molecular flexibility index (Phi) is 8.37. The molecule has 0 aliphatic carbocycles. The van der Waals surface area contributed by atoms with Crippen molar-refractivity contribution >= 4 is 18.4 Å².